The molecule has 0 aliphatic heterocycles. The van der Waals surface area contributed by atoms with Gasteiger partial charge in [0.15, 0.2) is 0 Å². The fourth-order valence-electron chi connectivity index (χ4n) is 4.25. The average Bonchev–Trinajstić information content (AvgIpc) is 3.00. The Kier molecular flexibility index (Phi) is 4.84. The highest BCUT2D eigenvalue weighted by molar-refractivity contribution is 7.18. The summed E-state index contributed by atoms with van der Waals surface area (Å²) >= 11 is 1.70. The van der Waals surface area contributed by atoms with E-state index in [1.807, 2.05) is 0 Å². The van der Waals surface area contributed by atoms with Crippen molar-refractivity contribution in [2.24, 2.45) is 11.7 Å². The summed E-state index contributed by atoms with van der Waals surface area (Å²) < 4.78 is 6.34. The summed E-state index contributed by atoms with van der Waals surface area (Å²) in [5.74, 6) is 0.381. The molecule has 1 fully saturated rings. The highest BCUT2D eigenvalue weighted by Crippen LogP contribution is 2.41. The van der Waals surface area contributed by atoms with E-state index in [0.29, 0.717) is 18.3 Å². The van der Waals surface area contributed by atoms with Crippen molar-refractivity contribution >= 4 is 27.5 Å². The first-order valence-corrected chi connectivity index (χ1v) is 10.2. The monoisotopic (exact) mass is 374 g/mol. The average molecular weight is 375 g/mol. The van der Waals surface area contributed by atoms with Crippen LogP contribution < -0.4 is 10.5 Å². The number of hydrogen-bond donors (Lipinski definition) is 1. The molecule has 1 saturated carbocycles. The molecule has 2 aliphatic rings. The van der Waals surface area contributed by atoms with Gasteiger partial charge in [0, 0.05) is 16.8 Å². The molecule has 0 aromatic carbocycles. The zero-order chi connectivity index (χ0) is 18.3. The Morgan fingerprint density at radius 2 is 2.00 bits per heavy atom. The number of carbonyl (C=O) groups excluding carboxylic acids is 1. The molecule has 1 amide bonds. The first kappa shape index (κ1) is 17.7. The number of aromatic nitrogens is 2. The maximum atomic E-state index is 11.7. The lowest BCUT2D eigenvalue weighted by atomic mass is 9.87. The molecule has 1 unspecified atom stereocenters. The second-order valence-electron chi connectivity index (χ2n) is 7.72. The number of rotatable bonds is 4. The van der Waals surface area contributed by atoms with Gasteiger partial charge in [0.05, 0.1) is 5.39 Å². The van der Waals surface area contributed by atoms with Gasteiger partial charge in [0.25, 0.3) is 0 Å². The fraction of sp³-hybridized carbons (Fsp3) is 0.632. The number of nitrogens with zero attached hydrogens (tertiary/aromatic N) is 3. The molecule has 0 saturated heterocycles. The van der Waals surface area contributed by atoms with Crippen LogP contribution in [0.1, 0.15) is 42.5 Å². The summed E-state index contributed by atoms with van der Waals surface area (Å²) in [6, 6.07) is 0.644. The van der Waals surface area contributed by atoms with E-state index in [1.165, 1.54) is 10.4 Å². The SMILES string of the molecule is CN(C)C1CCC(Oc2ncnc3sc4c(c23)CC(C(N)=O)CC4)CC1. The van der Waals surface area contributed by atoms with Crippen molar-refractivity contribution in [1.82, 2.24) is 14.9 Å². The standard InChI is InChI=1S/C19H26N4O2S/c1-23(2)12-4-6-13(7-5-12)25-18-16-14-9-11(17(20)24)3-8-15(14)26-19(16)22-10-21-18/h10-13H,3-9H2,1-2H3,(H2,20,24). The van der Waals surface area contributed by atoms with E-state index in [9.17, 15) is 4.79 Å². The van der Waals surface area contributed by atoms with Crippen LogP contribution in [0.25, 0.3) is 10.2 Å². The van der Waals surface area contributed by atoms with Crippen LogP contribution in [0.15, 0.2) is 6.33 Å². The highest BCUT2D eigenvalue weighted by atomic mass is 32.1. The third-order valence-corrected chi connectivity index (χ3v) is 7.06. The molecule has 2 aromatic heterocycles. The van der Waals surface area contributed by atoms with Gasteiger partial charge in [-0.05, 0) is 64.6 Å². The molecule has 2 heterocycles. The van der Waals surface area contributed by atoms with E-state index < -0.39 is 0 Å². The summed E-state index contributed by atoms with van der Waals surface area (Å²) in [7, 11) is 4.29. The molecule has 7 heteroatoms. The normalized spacial score (nSPS) is 26.0. The Balaban J connectivity index is 1.58. The summed E-state index contributed by atoms with van der Waals surface area (Å²) in [5, 5.41) is 1.01. The van der Waals surface area contributed by atoms with Crippen LogP contribution in [0.5, 0.6) is 5.88 Å². The number of amides is 1. The maximum absolute atomic E-state index is 11.7. The van der Waals surface area contributed by atoms with Gasteiger partial charge in [-0.3, -0.25) is 4.79 Å². The Hall–Kier alpha value is -1.73. The first-order valence-electron chi connectivity index (χ1n) is 9.40. The molecule has 0 radical (unpaired) electrons. The van der Waals surface area contributed by atoms with Crippen molar-refractivity contribution in [2.45, 2.75) is 57.1 Å². The quantitative estimate of drug-likeness (QED) is 0.889. The number of hydrogen-bond acceptors (Lipinski definition) is 6. The Morgan fingerprint density at radius 3 is 2.69 bits per heavy atom. The van der Waals surface area contributed by atoms with Gasteiger partial charge in [-0.1, -0.05) is 0 Å². The minimum Gasteiger partial charge on any atom is -0.474 e. The molecule has 26 heavy (non-hydrogen) atoms. The molecular weight excluding hydrogens is 348 g/mol. The van der Waals surface area contributed by atoms with Crippen LogP contribution in [-0.4, -0.2) is 47.0 Å². The van der Waals surface area contributed by atoms with Gasteiger partial charge in [0.2, 0.25) is 11.8 Å². The number of ether oxygens (including phenoxy) is 1. The van der Waals surface area contributed by atoms with Gasteiger partial charge < -0.3 is 15.4 Å². The minimum absolute atomic E-state index is 0.0936. The van der Waals surface area contributed by atoms with Crippen LogP contribution >= 0.6 is 11.3 Å². The molecule has 0 spiro atoms. The van der Waals surface area contributed by atoms with Gasteiger partial charge in [-0.2, -0.15) is 0 Å². The van der Waals surface area contributed by atoms with Crippen LogP contribution in [0, 0.1) is 5.92 Å². The second kappa shape index (κ2) is 7.12. The van der Waals surface area contributed by atoms with Crippen LogP contribution in [-0.2, 0) is 17.6 Å². The van der Waals surface area contributed by atoms with Gasteiger partial charge in [0.1, 0.15) is 17.3 Å². The van der Waals surface area contributed by atoms with Crippen molar-refractivity contribution in [3.05, 3.63) is 16.8 Å². The van der Waals surface area contributed by atoms with E-state index in [1.54, 1.807) is 17.7 Å². The number of fused-ring (bicyclic) bond motifs is 3. The van der Waals surface area contributed by atoms with Crippen LogP contribution in [0.3, 0.4) is 0 Å². The van der Waals surface area contributed by atoms with Crippen molar-refractivity contribution in [2.75, 3.05) is 14.1 Å². The predicted molar refractivity (Wildman–Crippen MR) is 102 cm³/mol. The molecule has 6 nitrogen and oxygen atoms in total. The maximum Gasteiger partial charge on any atom is 0.225 e. The Morgan fingerprint density at radius 1 is 1.23 bits per heavy atom. The summed E-state index contributed by atoms with van der Waals surface area (Å²) in [6.07, 6.45) is 8.59. The summed E-state index contributed by atoms with van der Waals surface area (Å²) in [4.78, 5) is 25.1. The molecular formula is C19H26N4O2S. The highest BCUT2D eigenvalue weighted by Gasteiger charge is 2.30. The Bertz CT molecular complexity index is 811. The number of carbonyl (C=O) groups is 1. The van der Waals surface area contributed by atoms with Crippen molar-refractivity contribution in [3.8, 4) is 5.88 Å². The lowest BCUT2D eigenvalue weighted by Gasteiger charge is -2.32. The fourth-order valence-corrected chi connectivity index (χ4v) is 5.42. The van der Waals surface area contributed by atoms with Crippen LogP contribution in [0.2, 0.25) is 0 Å². The van der Waals surface area contributed by atoms with Gasteiger partial charge >= 0.3 is 0 Å². The van der Waals surface area contributed by atoms with Crippen molar-refractivity contribution < 1.29 is 9.53 Å². The molecule has 4 rings (SSSR count). The van der Waals surface area contributed by atoms with E-state index >= 15 is 0 Å². The summed E-state index contributed by atoms with van der Waals surface area (Å²) in [5.41, 5.74) is 6.74. The zero-order valence-electron chi connectivity index (χ0n) is 15.4. The molecule has 2 aromatic rings. The van der Waals surface area contributed by atoms with E-state index in [-0.39, 0.29) is 17.9 Å². The van der Waals surface area contributed by atoms with Gasteiger partial charge in [-0.25, -0.2) is 9.97 Å². The number of aryl methyl sites for hydroxylation is 1. The Labute approximate surface area is 157 Å². The molecule has 0 bridgehead atoms. The number of nitrogens with two attached hydrogens (primary N) is 1. The molecule has 2 aliphatic carbocycles. The molecule has 2 N–H and O–H groups in total. The van der Waals surface area contributed by atoms with E-state index in [2.05, 4.69) is 29.0 Å². The third-order valence-electron chi connectivity index (χ3n) is 5.86. The minimum atomic E-state index is -0.212. The van der Waals surface area contributed by atoms with Crippen molar-refractivity contribution in [3.63, 3.8) is 0 Å². The lowest BCUT2D eigenvalue weighted by Crippen LogP contribution is -2.35. The van der Waals surface area contributed by atoms with E-state index in [4.69, 9.17) is 10.5 Å². The number of primary amides is 1. The second-order valence-corrected chi connectivity index (χ2v) is 8.80. The van der Waals surface area contributed by atoms with Gasteiger partial charge in [-0.15, -0.1) is 11.3 Å². The zero-order valence-corrected chi connectivity index (χ0v) is 16.2. The van der Waals surface area contributed by atoms with Crippen molar-refractivity contribution in [1.29, 1.82) is 0 Å². The third kappa shape index (κ3) is 3.30. The lowest BCUT2D eigenvalue weighted by molar-refractivity contribution is -0.122. The first-order chi connectivity index (χ1) is 12.5. The predicted octanol–water partition coefficient (Wildman–Crippen LogP) is 2.53. The topological polar surface area (TPSA) is 81.3 Å². The molecule has 1 atom stereocenters. The molecule has 140 valence electrons. The van der Waals surface area contributed by atoms with E-state index in [0.717, 1.165) is 48.7 Å². The largest absolute Gasteiger partial charge is 0.474 e. The number of thiophene rings is 1. The summed E-state index contributed by atoms with van der Waals surface area (Å²) in [6.45, 7) is 0. The van der Waals surface area contributed by atoms with Crippen LogP contribution in [0.4, 0.5) is 0 Å². The smallest absolute Gasteiger partial charge is 0.225 e.